The first-order chi connectivity index (χ1) is 13.0. The Kier molecular flexibility index (Phi) is 6.39. The summed E-state index contributed by atoms with van der Waals surface area (Å²) in [6.45, 7) is 4.57. The fourth-order valence-electron chi connectivity index (χ4n) is 2.59. The highest BCUT2D eigenvalue weighted by Crippen LogP contribution is 2.25. The summed E-state index contributed by atoms with van der Waals surface area (Å²) in [5.74, 6) is 0.576. The highest BCUT2D eigenvalue weighted by molar-refractivity contribution is 6.32. The van der Waals surface area contributed by atoms with Crippen LogP contribution in [0.15, 0.2) is 48.8 Å². The number of hydrogen-bond donors (Lipinski definition) is 2. The van der Waals surface area contributed by atoms with Crippen molar-refractivity contribution in [3.8, 4) is 11.4 Å². The number of hydrogen-bond acceptors (Lipinski definition) is 6. The molecular weight excluding hydrogens is 366 g/mol. The number of aliphatic hydroxyl groups is 1. The molecule has 2 aromatic carbocycles. The number of aryl methyl sites for hydroxylation is 1. The first-order valence-electron chi connectivity index (χ1n) is 8.66. The maximum Gasteiger partial charge on any atom is 0.143 e. The van der Waals surface area contributed by atoms with E-state index in [1.165, 1.54) is 0 Å². The lowest BCUT2D eigenvalue weighted by atomic mass is 10.1. The van der Waals surface area contributed by atoms with E-state index in [0.717, 1.165) is 16.8 Å². The number of nitrogens with zero attached hydrogens (tertiary/aromatic N) is 4. The molecule has 2 unspecified atom stereocenters. The first-order valence-corrected chi connectivity index (χ1v) is 9.04. The highest BCUT2D eigenvalue weighted by Gasteiger charge is 2.11. The van der Waals surface area contributed by atoms with Crippen molar-refractivity contribution >= 4 is 11.6 Å². The summed E-state index contributed by atoms with van der Waals surface area (Å²) in [5, 5.41) is 25.1. The van der Waals surface area contributed by atoms with Crippen molar-refractivity contribution in [1.82, 2.24) is 25.5 Å². The Labute approximate surface area is 162 Å². The molecule has 0 saturated heterocycles. The first kappa shape index (κ1) is 19.3. The number of halogens is 1. The SMILES string of the molecule is Cc1ccc(OCC(O)CNC(C)c2ccc(-n3cnnn3)cc2)c(Cl)c1. The molecule has 8 heteroatoms. The molecule has 2 atom stereocenters. The fraction of sp³-hybridized carbons (Fsp3) is 0.316. The fourth-order valence-corrected chi connectivity index (χ4v) is 2.88. The third kappa shape index (κ3) is 5.26. The second kappa shape index (κ2) is 8.94. The van der Waals surface area contributed by atoms with Gasteiger partial charge >= 0.3 is 0 Å². The molecule has 142 valence electrons. The van der Waals surface area contributed by atoms with Crippen LogP contribution < -0.4 is 10.1 Å². The van der Waals surface area contributed by atoms with Gasteiger partial charge in [0.15, 0.2) is 0 Å². The van der Waals surface area contributed by atoms with Crippen molar-refractivity contribution in [2.45, 2.75) is 26.0 Å². The summed E-state index contributed by atoms with van der Waals surface area (Å²) >= 11 is 6.13. The van der Waals surface area contributed by atoms with E-state index < -0.39 is 6.10 Å². The number of aromatic nitrogens is 4. The quantitative estimate of drug-likeness (QED) is 0.618. The van der Waals surface area contributed by atoms with Crippen molar-refractivity contribution in [3.63, 3.8) is 0 Å². The largest absolute Gasteiger partial charge is 0.489 e. The molecule has 0 aliphatic rings. The average Bonchev–Trinajstić information content (AvgIpc) is 3.20. The van der Waals surface area contributed by atoms with Crippen LogP contribution in [0.3, 0.4) is 0 Å². The molecule has 0 aliphatic carbocycles. The van der Waals surface area contributed by atoms with Crippen LogP contribution in [0.4, 0.5) is 0 Å². The Bertz CT molecular complexity index is 855. The van der Waals surface area contributed by atoms with Gasteiger partial charge in [-0.3, -0.25) is 0 Å². The minimum absolute atomic E-state index is 0.0746. The molecule has 27 heavy (non-hydrogen) atoms. The molecule has 1 aromatic heterocycles. The van der Waals surface area contributed by atoms with Gasteiger partial charge in [-0.1, -0.05) is 29.8 Å². The predicted octanol–water partition coefficient (Wildman–Crippen LogP) is 2.71. The van der Waals surface area contributed by atoms with Crippen molar-refractivity contribution in [1.29, 1.82) is 0 Å². The van der Waals surface area contributed by atoms with E-state index in [-0.39, 0.29) is 12.6 Å². The summed E-state index contributed by atoms with van der Waals surface area (Å²) in [4.78, 5) is 0. The Morgan fingerprint density at radius 2 is 2.00 bits per heavy atom. The van der Waals surface area contributed by atoms with Gasteiger partial charge < -0.3 is 15.2 Å². The van der Waals surface area contributed by atoms with Crippen LogP contribution in [-0.4, -0.2) is 44.6 Å². The number of tetrazole rings is 1. The number of rotatable bonds is 8. The number of benzene rings is 2. The van der Waals surface area contributed by atoms with E-state index in [2.05, 4.69) is 20.8 Å². The maximum atomic E-state index is 10.2. The highest BCUT2D eigenvalue weighted by atomic mass is 35.5. The Balaban J connectivity index is 1.47. The average molecular weight is 388 g/mol. The monoisotopic (exact) mass is 387 g/mol. The van der Waals surface area contributed by atoms with Crippen molar-refractivity contribution in [2.75, 3.05) is 13.2 Å². The molecule has 3 rings (SSSR count). The van der Waals surface area contributed by atoms with Gasteiger partial charge in [-0.25, -0.2) is 4.68 Å². The van der Waals surface area contributed by atoms with Gasteiger partial charge in [0.25, 0.3) is 0 Å². The van der Waals surface area contributed by atoms with Crippen LogP contribution in [0.25, 0.3) is 5.69 Å². The van der Waals surface area contributed by atoms with E-state index in [1.54, 1.807) is 11.0 Å². The summed E-state index contributed by atoms with van der Waals surface area (Å²) in [7, 11) is 0. The van der Waals surface area contributed by atoms with Gasteiger partial charge in [0.2, 0.25) is 0 Å². The van der Waals surface area contributed by atoms with E-state index in [4.69, 9.17) is 16.3 Å². The molecular formula is C19H22ClN5O2. The zero-order chi connectivity index (χ0) is 19.2. The molecule has 0 spiro atoms. The molecule has 0 radical (unpaired) electrons. The number of ether oxygens (including phenoxy) is 1. The number of aliphatic hydroxyl groups excluding tert-OH is 1. The molecule has 1 heterocycles. The van der Waals surface area contributed by atoms with Crippen LogP contribution in [-0.2, 0) is 0 Å². The van der Waals surface area contributed by atoms with Gasteiger partial charge in [0.1, 0.15) is 24.8 Å². The topological polar surface area (TPSA) is 85.1 Å². The molecule has 0 amide bonds. The van der Waals surface area contributed by atoms with Crippen molar-refractivity contribution in [2.24, 2.45) is 0 Å². The second-order valence-corrected chi connectivity index (χ2v) is 6.78. The summed E-state index contributed by atoms with van der Waals surface area (Å²) in [6, 6.07) is 13.5. The Hall–Kier alpha value is -2.48. The Morgan fingerprint density at radius 3 is 2.67 bits per heavy atom. The van der Waals surface area contributed by atoms with Gasteiger partial charge in [0.05, 0.1) is 10.7 Å². The minimum Gasteiger partial charge on any atom is -0.489 e. The smallest absolute Gasteiger partial charge is 0.143 e. The molecule has 0 saturated carbocycles. The van der Waals surface area contributed by atoms with Crippen LogP contribution in [0.1, 0.15) is 24.1 Å². The Morgan fingerprint density at radius 1 is 1.22 bits per heavy atom. The van der Waals surface area contributed by atoms with E-state index in [9.17, 15) is 5.11 Å². The second-order valence-electron chi connectivity index (χ2n) is 6.37. The van der Waals surface area contributed by atoms with Crippen molar-refractivity contribution < 1.29 is 9.84 Å². The lowest BCUT2D eigenvalue weighted by molar-refractivity contribution is 0.104. The third-order valence-electron chi connectivity index (χ3n) is 4.18. The minimum atomic E-state index is -0.648. The maximum absolute atomic E-state index is 10.2. The zero-order valence-corrected chi connectivity index (χ0v) is 16.0. The third-order valence-corrected chi connectivity index (χ3v) is 4.48. The number of nitrogens with one attached hydrogen (secondary N) is 1. The molecule has 3 aromatic rings. The lowest BCUT2D eigenvalue weighted by Gasteiger charge is -2.18. The summed E-state index contributed by atoms with van der Waals surface area (Å²) < 4.78 is 7.20. The van der Waals surface area contributed by atoms with Crippen molar-refractivity contribution in [3.05, 3.63) is 64.9 Å². The van der Waals surface area contributed by atoms with Gasteiger partial charge in [-0.05, 0) is 59.7 Å². The van der Waals surface area contributed by atoms with Crippen LogP contribution in [0.2, 0.25) is 5.02 Å². The van der Waals surface area contributed by atoms with E-state index >= 15 is 0 Å². The molecule has 0 bridgehead atoms. The summed E-state index contributed by atoms with van der Waals surface area (Å²) in [6.07, 6.45) is 0.901. The van der Waals surface area contributed by atoms with Gasteiger partial charge in [-0.15, -0.1) is 5.10 Å². The normalized spacial score (nSPS) is 13.3. The lowest BCUT2D eigenvalue weighted by Crippen LogP contribution is -2.33. The molecule has 7 nitrogen and oxygen atoms in total. The standard InChI is InChI=1S/C19H22ClN5O2/c1-13-3-8-19(18(20)9-13)27-11-17(26)10-21-14(2)15-4-6-16(7-5-15)25-12-22-23-24-25/h3-9,12,14,17,21,26H,10-11H2,1-2H3. The van der Waals surface area contributed by atoms with Crippen LogP contribution in [0, 0.1) is 6.92 Å². The van der Waals surface area contributed by atoms with Crippen LogP contribution >= 0.6 is 11.6 Å². The van der Waals surface area contributed by atoms with Crippen LogP contribution in [0.5, 0.6) is 5.75 Å². The zero-order valence-electron chi connectivity index (χ0n) is 15.2. The molecule has 0 fully saturated rings. The van der Waals surface area contributed by atoms with E-state index in [1.807, 2.05) is 56.3 Å². The van der Waals surface area contributed by atoms with Gasteiger partial charge in [0, 0.05) is 12.6 Å². The van der Waals surface area contributed by atoms with E-state index in [0.29, 0.717) is 17.3 Å². The summed E-state index contributed by atoms with van der Waals surface area (Å²) in [5.41, 5.74) is 3.05. The predicted molar refractivity (Wildman–Crippen MR) is 103 cm³/mol. The van der Waals surface area contributed by atoms with Gasteiger partial charge in [-0.2, -0.15) is 0 Å². The molecule has 0 aliphatic heterocycles. The molecule has 2 N–H and O–H groups in total.